The summed E-state index contributed by atoms with van der Waals surface area (Å²) in [5.74, 6) is 0.989. The molecular weight excluding hydrogens is 340 g/mol. The second-order valence-corrected chi connectivity index (χ2v) is 6.74. The maximum Gasteiger partial charge on any atom is 0.262 e. The predicted molar refractivity (Wildman–Crippen MR) is 110 cm³/mol. The number of anilines is 1. The Labute approximate surface area is 161 Å². The Kier molecular flexibility index (Phi) is 7.67. The lowest BCUT2D eigenvalue weighted by Crippen LogP contribution is -2.22. The predicted octanol–water partition coefficient (Wildman–Crippen LogP) is 4.00. The minimum absolute atomic E-state index is 0.0821. The van der Waals surface area contributed by atoms with E-state index >= 15 is 0 Å². The third kappa shape index (κ3) is 6.29. The van der Waals surface area contributed by atoms with Crippen molar-refractivity contribution in [2.45, 2.75) is 46.6 Å². The molecule has 1 atom stereocenters. The standard InChI is InChI=1S/C22H30N2O3/c1-5-18(23)12-17-9-10-20(21(13-17)26-6-2)27-14-22(25)24-19-11-15(3)7-8-16(19)4/h7-11,13,18H,5-6,12,14,23H2,1-4H3,(H,24,25). The zero-order valence-electron chi connectivity index (χ0n) is 16.7. The van der Waals surface area contributed by atoms with Gasteiger partial charge in [0.1, 0.15) is 0 Å². The summed E-state index contributed by atoms with van der Waals surface area (Å²) < 4.78 is 11.4. The number of nitrogens with two attached hydrogens (primary N) is 1. The maximum atomic E-state index is 12.3. The highest BCUT2D eigenvalue weighted by atomic mass is 16.5. The van der Waals surface area contributed by atoms with Crippen molar-refractivity contribution in [1.82, 2.24) is 0 Å². The van der Waals surface area contributed by atoms with Crippen LogP contribution >= 0.6 is 0 Å². The summed E-state index contributed by atoms with van der Waals surface area (Å²) in [4.78, 5) is 12.3. The second-order valence-electron chi connectivity index (χ2n) is 6.74. The third-order valence-corrected chi connectivity index (χ3v) is 4.36. The lowest BCUT2D eigenvalue weighted by Gasteiger charge is -2.15. The van der Waals surface area contributed by atoms with Gasteiger partial charge in [-0.15, -0.1) is 0 Å². The van der Waals surface area contributed by atoms with E-state index in [1.807, 2.05) is 57.2 Å². The third-order valence-electron chi connectivity index (χ3n) is 4.36. The molecule has 2 rings (SSSR count). The smallest absolute Gasteiger partial charge is 0.262 e. The lowest BCUT2D eigenvalue weighted by molar-refractivity contribution is -0.118. The van der Waals surface area contributed by atoms with Gasteiger partial charge < -0.3 is 20.5 Å². The van der Waals surface area contributed by atoms with Crippen molar-refractivity contribution >= 4 is 11.6 Å². The Balaban J connectivity index is 2.03. The Hall–Kier alpha value is -2.53. The molecule has 27 heavy (non-hydrogen) atoms. The van der Waals surface area contributed by atoms with Gasteiger partial charge in [-0.2, -0.15) is 0 Å². The number of hydrogen-bond donors (Lipinski definition) is 2. The minimum Gasteiger partial charge on any atom is -0.490 e. The first-order valence-corrected chi connectivity index (χ1v) is 9.44. The first-order chi connectivity index (χ1) is 12.9. The molecule has 0 fully saturated rings. The number of rotatable bonds is 9. The van der Waals surface area contributed by atoms with Crippen molar-refractivity contribution in [3.8, 4) is 11.5 Å². The number of hydrogen-bond acceptors (Lipinski definition) is 4. The molecule has 0 bridgehead atoms. The number of aryl methyl sites for hydroxylation is 2. The first kappa shape index (κ1) is 20.8. The SMILES string of the molecule is CCOc1cc(CC(N)CC)ccc1OCC(=O)Nc1cc(C)ccc1C. The van der Waals surface area contributed by atoms with Gasteiger partial charge in [0, 0.05) is 11.7 Å². The highest BCUT2D eigenvalue weighted by Crippen LogP contribution is 2.29. The number of nitrogens with one attached hydrogen (secondary N) is 1. The monoisotopic (exact) mass is 370 g/mol. The van der Waals surface area contributed by atoms with E-state index in [1.54, 1.807) is 0 Å². The molecule has 146 valence electrons. The van der Waals surface area contributed by atoms with E-state index in [-0.39, 0.29) is 18.6 Å². The highest BCUT2D eigenvalue weighted by molar-refractivity contribution is 5.92. The number of benzene rings is 2. The summed E-state index contributed by atoms with van der Waals surface area (Å²) in [6.45, 7) is 8.38. The quantitative estimate of drug-likeness (QED) is 0.700. The topological polar surface area (TPSA) is 73.6 Å². The van der Waals surface area contributed by atoms with Crippen molar-refractivity contribution < 1.29 is 14.3 Å². The van der Waals surface area contributed by atoms with Crippen LogP contribution in [0.1, 0.15) is 37.0 Å². The van der Waals surface area contributed by atoms with Crippen LogP contribution in [0.2, 0.25) is 0 Å². The van der Waals surface area contributed by atoms with Crippen LogP contribution in [0.5, 0.6) is 11.5 Å². The molecule has 0 aliphatic rings. The van der Waals surface area contributed by atoms with Gasteiger partial charge in [-0.05, 0) is 68.5 Å². The number of carbonyl (C=O) groups excluding carboxylic acids is 1. The molecule has 0 aliphatic carbocycles. The molecule has 0 heterocycles. The molecule has 0 aliphatic heterocycles. The van der Waals surface area contributed by atoms with E-state index in [1.165, 1.54) is 0 Å². The highest BCUT2D eigenvalue weighted by Gasteiger charge is 2.11. The van der Waals surface area contributed by atoms with Crippen LogP contribution < -0.4 is 20.5 Å². The lowest BCUT2D eigenvalue weighted by atomic mass is 10.0. The number of carbonyl (C=O) groups is 1. The summed E-state index contributed by atoms with van der Waals surface area (Å²) in [7, 11) is 0. The average molecular weight is 370 g/mol. The van der Waals surface area contributed by atoms with Crippen molar-refractivity contribution in [3.05, 3.63) is 53.1 Å². The van der Waals surface area contributed by atoms with Gasteiger partial charge in [0.05, 0.1) is 6.61 Å². The van der Waals surface area contributed by atoms with Crippen molar-refractivity contribution in [2.24, 2.45) is 5.73 Å². The van der Waals surface area contributed by atoms with E-state index in [2.05, 4.69) is 12.2 Å². The zero-order chi connectivity index (χ0) is 19.8. The van der Waals surface area contributed by atoms with Gasteiger partial charge in [0.2, 0.25) is 0 Å². The minimum atomic E-state index is -0.205. The fourth-order valence-electron chi connectivity index (χ4n) is 2.71. The van der Waals surface area contributed by atoms with Gasteiger partial charge in [0.25, 0.3) is 5.91 Å². The Morgan fingerprint density at radius 3 is 2.56 bits per heavy atom. The van der Waals surface area contributed by atoms with Crippen LogP contribution in [0.3, 0.4) is 0 Å². The fourth-order valence-corrected chi connectivity index (χ4v) is 2.71. The number of amides is 1. The van der Waals surface area contributed by atoms with Crippen LogP contribution in [0, 0.1) is 13.8 Å². The van der Waals surface area contributed by atoms with E-state index in [0.717, 1.165) is 35.2 Å². The fraction of sp³-hybridized carbons (Fsp3) is 0.409. The molecule has 0 spiro atoms. The van der Waals surface area contributed by atoms with Crippen LogP contribution in [-0.4, -0.2) is 25.2 Å². The molecule has 5 heteroatoms. The molecule has 0 aromatic heterocycles. The van der Waals surface area contributed by atoms with Crippen LogP contribution in [-0.2, 0) is 11.2 Å². The Morgan fingerprint density at radius 2 is 1.85 bits per heavy atom. The molecule has 2 aromatic carbocycles. The maximum absolute atomic E-state index is 12.3. The van der Waals surface area contributed by atoms with E-state index in [4.69, 9.17) is 15.2 Å². The normalized spacial score (nSPS) is 11.7. The summed E-state index contributed by atoms with van der Waals surface area (Å²) >= 11 is 0. The summed E-state index contributed by atoms with van der Waals surface area (Å²) in [6, 6.07) is 11.8. The van der Waals surface area contributed by atoms with Gasteiger partial charge >= 0.3 is 0 Å². The van der Waals surface area contributed by atoms with Crippen molar-refractivity contribution in [3.63, 3.8) is 0 Å². The van der Waals surface area contributed by atoms with Crippen LogP contribution in [0.15, 0.2) is 36.4 Å². The first-order valence-electron chi connectivity index (χ1n) is 9.44. The van der Waals surface area contributed by atoms with Crippen LogP contribution in [0.25, 0.3) is 0 Å². The average Bonchev–Trinajstić information content (AvgIpc) is 2.64. The van der Waals surface area contributed by atoms with E-state index < -0.39 is 0 Å². The van der Waals surface area contributed by atoms with Crippen LogP contribution in [0.4, 0.5) is 5.69 Å². The summed E-state index contributed by atoms with van der Waals surface area (Å²) in [5.41, 5.74) is 10.0. The van der Waals surface area contributed by atoms with Gasteiger partial charge in [-0.3, -0.25) is 4.79 Å². The molecule has 2 aromatic rings. The van der Waals surface area contributed by atoms with E-state index in [0.29, 0.717) is 18.1 Å². The summed E-state index contributed by atoms with van der Waals surface area (Å²) in [6.07, 6.45) is 1.70. The molecular formula is C22H30N2O3. The molecule has 1 amide bonds. The Bertz CT molecular complexity index is 774. The summed E-state index contributed by atoms with van der Waals surface area (Å²) in [5, 5.41) is 2.90. The molecule has 0 saturated heterocycles. The molecule has 0 saturated carbocycles. The molecule has 0 radical (unpaired) electrons. The largest absolute Gasteiger partial charge is 0.490 e. The second kappa shape index (κ2) is 9.97. The molecule has 1 unspecified atom stereocenters. The van der Waals surface area contributed by atoms with Crippen molar-refractivity contribution in [2.75, 3.05) is 18.5 Å². The number of ether oxygens (including phenoxy) is 2. The van der Waals surface area contributed by atoms with Gasteiger partial charge in [-0.25, -0.2) is 0 Å². The van der Waals surface area contributed by atoms with Gasteiger partial charge in [-0.1, -0.05) is 25.1 Å². The zero-order valence-corrected chi connectivity index (χ0v) is 16.7. The molecule has 5 nitrogen and oxygen atoms in total. The van der Waals surface area contributed by atoms with E-state index in [9.17, 15) is 4.79 Å². The molecule has 3 N–H and O–H groups in total. The Morgan fingerprint density at radius 1 is 1.07 bits per heavy atom. The van der Waals surface area contributed by atoms with Crippen molar-refractivity contribution in [1.29, 1.82) is 0 Å². The van der Waals surface area contributed by atoms with Gasteiger partial charge in [0.15, 0.2) is 18.1 Å².